The van der Waals surface area contributed by atoms with Crippen molar-refractivity contribution >= 4 is 55.7 Å². The minimum atomic E-state index is 0.787. The molecule has 0 fully saturated rings. The third-order valence-corrected chi connectivity index (χ3v) is 4.09. The highest BCUT2D eigenvalue weighted by Crippen LogP contribution is 2.21. The van der Waals surface area contributed by atoms with E-state index < -0.39 is 0 Å². The van der Waals surface area contributed by atoms with Gasteiger partial charge in [-0.1, -0.05) is 0 Å². The summed E-state index contributed by atoms with van der Waals surface area (Å²) in [4.78, 5) is 8.10. The Kier molecular flexibility index (Phi) is 3.92. The molecule has 1 N–H and O–H groups in total. The zero-order chi connectivity index (χ0) is 10.7. The molecule has 2 aromatic heterocycles. The van der Waals surface area contributed by atoms with Gasteiger partial charge in [0.2, 0.25) is 0 Å². The molecule has 0 aromatic carbocycles. The quantitative estimate of drug-likeness (QED) is 0.808. The Morgan fingerprint density at radius 3 is 3.07 bits per heavy atom. The monoisotopic (exact) mass is 395 g/mol. The van der Waals surface area contributed by atoms with Crippen molar-refractivity contribution in [2.75, 3.05) is 5.32 Å². The van der Waals surface area contributed by atoms with Gasteiger partial charge in [-0.25, -0.2) is 9.97 Å². The van der Waals surface area contributed by atoms with Crippen molar-refractivity contribution < 1.29 is 0 Å². The fourth-order valence-corrected chi connectivity index (χ4v) is 2.77. The molecule has 0 aliphatic carbocycles. The lowest BCUT2D eigenvalue weighted by molar-refractivity contribution is 1.07. The van der Waals surface area contributed by atoms with Crippen LogP contribution in [0.25, 0.3) is 0 Å². The summed E-state index contributed by atoms with van der Waals surface area (Å²) in [6.07, 6.45) is 3.34. The van der Waals surface area contributed by atoms with Crippen LogP contribution in [0.15, 0.2) is 27.8 Å². The van der Waals surface area contributed by atoms with Gasteiger partial charge in [-0.2, -0.15) is 0 Å². The highest BCUT2D eigenvalue weighted by Gasteiger charge is 2.01. The normalized spacial score (nSPS) is 10.3. The van der Waals surface area contributed by atoms with Gasteiger partial charge in [-0.05, 0) is 55.5 Å². The first-order valence-electron chi connectivity index (χ1n) is 4.18. The number of hydrogen-bond acceptors (Lipinski definition) is 4. The van der Waals surface area contributed by atoms with E-state index in [1.54, 1.807) is 23.9 Å². The molecule has 2 heterocycles. The van der Waals surface area contributed by atoms with E-state index in [-0.39, 0.29) is 0 Å². The van der Waals surface area contributed by atoms with Gasteiger partial charge in [0, 0.05) is 12.7 Å². The predicted molar refractivity (Wildman–Crippen MR) is 74.1 cm³/mol. The predicted octanol–water partition coefficient (Wildman–Crippen LogP) is 3.52. The van der Waals surface area contributed by atoms with Gasteiger partial charge >= 0.3 is 0 Å². The molecule has 15 heavy (non-hydrogen) atoms. The van der Waals surface area contributed by atoms with E-state index in [9.17, 15) is 0 Å². The molecule has 0 aliphatic rings. The molecule has 6 heteroatoms. The van der Waals surface area contributed by atoms with Crippen LogP contribution in [0.3, 0.4) is 0 Å². The summed E-state index contributed by atoms with van der Waals surface area (Å²) in [7, 11) is 0. The van der Waals surface area contributed by atoms with Gasteiger partial charge in [0.1, 0.15) is 12.1 Å². The van der Waals surface area contributed by atoms with Crippen LogP contribution in [0.5, 0.6) is 0 Å². The SMILES string of the molecule is Brc1cc(CNc2ncncc2I)cs1. The van der Waals surface area contributed by atoms with Gasteiger partial charge in [0.15, 0.2) is 0 Å². The van der Waals surface area contributed by atoms with Gasteiger partial charge in [0.05, 0.1) is 7.36 Å². The Bertz CT molecular complexity index is 460. The van der Waals surface area contributed by atoms with E-state index in [1.807, 2.05) is 0 Å². The summed E-state index contributed by atoms with van der Waals surface area (Å²) in [6.45, 7) is 0.787. The zero-order valence-corrected chi connectivity index (χ0v) is 12.1. The minimum absolute atomic E-state index is 0.787. The summed E-state index contributed by atoms with van der Waals surface area (Å²) in [6, 6.07) is 2.10. The molecule has 0 unspecified atom stereocenters. The molecule has 0 atom stereocenters. The molecule has 0 radical (unpaired) electrons. The molecule has 0 spiro atoms. The van der Waals surface area contributed by atoms with E-state index >= 15 is 0 Å². The van der Waals surface area contributed by atoms with Crippen molar-refractivity contribution in [3.8, 4) is 0 Å². The summed E-state index contributed by atoms with van der Waals surface area (Å²) < 4.78 is 2.18. The Morgan fingerprint density at radius 1 is 1.53 bits per heavy atom. The van der Waals surface area contributed by atoms with E-state index in [0.29, 0.717) is 0 Å². The van der Waals surface area contributed by atoms with Crippen LogP contribution in [-0.4, -0.2) is 9.97 Å². The van der Waals surface area contributed by atoms with Crippen molar-refractivity contribution in [3.05, 3.63) is 36.9 Å². The van der Waals surface area contributed by atoms with Gasteiger partial charge in [-0.15, -0.1) is 11.3 Å². The maximum absolute atomic E-state index is 4.16. The molecule has 0 amide bonds. The van der Waals surface area contributed by atoms with E-state index in [2.05, 4.69) is 65.3 Å². The number of nitrogens with zero attached hydrogens (tertiary/aromatic N) is 2. The number of aromatic nitrogens is 2. The van der Waals surface area contributed by atoms with Crippen molar-refractivity contribution in [2.45, 2.75) is 6.54 Å². The van der Waals surface area contributed by atoms with Gasteiger partial charge < -0.3 is 5.32 Å². The topological polar surface area (TPSA) is 37.8 Å². The summed E-state index contributed by atoms with van der Waals surface area (Å²) in [5.41, 5.74) is 1.25. The first kappa shape index (κ1) is 11.3. The van der Waals surface area contributed by atoms with Crippen LogP contribution in [0.1, 0.15) is 5.56 Å². The third-order valence-electron chi connectivity index (χ3n) is 1.75. The standard InChI is InChI=1S/C9H7BrIN3S/c10-8-1-6(4-15-8)2-13-9-7(11)3-12-5-14-9/h1,3-5H,2H2,(H,12,13,14). The molecule has 2 rings (SSSR count). The van der Waals surface area contributed by atoms with Crippen molar-refractivity contribution in [1.82, 2.24) is 9.97 Å². The molecule has 0 bridgehead atoms. The van der Waals surface area contributed by atoms with Crippen LogP contribution in [-0.2, 0) is 6.54 Å². The maximum Gasteiger partial charge on any atom is 0.143 e. The lowest BCUT2D eigenvalue weighted by Gasteiger charge is -2.04. The van der Waals surface area contributed by atoms with E-state index in [4.69, 9.17) is 0 Å². The second kappa shape index (κ2) is 5.22. The Morgan fingerprint density at radius 2 is 2.40 bits per heavy atom. The summed E-state index contributed by atoms with van der Waals surface area (Å²) in [5, 5.41) is 5.39. The molecule has 0 saturated carbocycles. The Balaban J connectivity index is 2.02. The average Bonchev–Trinajstić information content (AvgIpc) is 2.63. The van der Waals surface area contributed by atoms with Crippen LogP contribution in [0, 0.1) is 3.57 Å². The number of halogens is 2. The Labute approximate surface area is 114 Å². The lowest BCUT2D eigenvalue weighted by Crippen LogP contribution is -2.02. The van der Waals surface area contributed by atoms with Crippen LogP contribution >= 0.6 is 49.9 Å². The van der Waals surface area contributed by atoms with Crippen molar-refractivity contribution in [3.63, 3.8) is 0 Å². The molecular weight excluding hydrogens is 389 g/mol. The third kappa shape index (κ3) is 3.12. The second-order valence-electron chi connectivity index (χ2n) is 2.83. The lowest BCUT2D eigenvalue weighted by atomic mass is 10.3. The first-order chi connectivity index (χ1) is 7.25. The van der Waals surface area contributed by atoms with Crippen molar-refractivity contribution in [2.24, 2.45) is 0 Å². The maximum atomic E-state index is 4.16. The van der Waals surface area contributed by atoms with Gasteiger partial charge in [0.25, 0.3) is 0 Å². The minimum Gasteiger partial charge on any atom is -0.365 e. The molecule has 0 saturated heterocycles. The summed E-state index contributed by atoms with van der Waals surface area (Å²) in [5.74, 6) is 0.882. The first-order valence-corrected chi connectivity index (χ1v) is 6.93. The number of hydrogen-bond donors (Lipinski definition) is 1. The smallest absolute Gasteiger partial charge is 0.143 e. The van der Waals surface area contributed by atoms with Gasteiger partial charge in [-0.3, -0.25) is 0 Å². The highest BCUT2D eigenvalue weighted by molar-refractivity contribution is 14.1. The van der Waals surface area contributed by atoms with E-state index in [0.717, 1.165) is 19.7 Å². The second-order valence-corrected chi connectivity index (χ2v) is 6.28. The summed E-state index contributed by atoms with van der Waals surface area (Å²) >= 11 is 7.34. The highest BCUT2D eigenvalue weighted by atomic mass is 127. The molecular formula is C9H7BrIN3S. The molecule has 2 aromatic rings. The van der Waals surface area contributed by atoms with Crippen LogP contribution in [0.4, 0.5) is 5.82 Å². The largest absolute Gasteiger partial charge is 0.365 e. The van der Waals surface area contributed by atoms with Crippen LogP contribution in [0.2, 0.25) is 0 Å². The Hall–Kier alpha value is -0.210. The number of nitrogens with one attached hydrogen (secondary N) is 1. The number of thiophene rings is 1. The molecule has 3 nitrogen and oxygen atoms in total. The molecule has 0 aliphatic heterocycles. The fourth-order valence-electron chi connectivity index (χ4n) is 1.07. The fraction of sp³-hybridized carbons (Fsp3) is 0.111. The zero-order valence-electron chi connectivity index (χ0n) is 7.58. The van der Waals surface area contributed by atoms with Crippen LogP contribution < -0.4 is 5.32 Å². The number of anilines is 1. The molecule has 78 valence electrons. The van der Waals surface area contributed by atoms with E-state index in [1.165, 1.54) is 5.56 Å². The average molecular weight is 396 g/mol. The number of rotatable bonds is 3. The van der Waals surface area contributed by atoms with Crippen molar-refractivity contribution in [1.29, 1.82) is 0 Å².